The molecule has 0 aliphatic carbocycles. The van der Waals surface area contributed by atoms with Crippen molar-refractivity contribution >= 4 is 43.4 Å². The summed E-state index contributed by atoms with van der Waals surface area (Å²) in [5.74, 6) is -1.13. The van der Waals surface area contributed by atoms with Gasteiger partial charge in [0.1, 0.15) is 21.5 Å². The van der Waals surface area contributed by atoms with Gasteiger partial charge in [-0.1, -0.05) is 65.6 Å². The molecule has 1 unspecified atom stereocenters. The van der Waals surface area contributed by atoms with E-state index in [1.54, 1.807) is 17.1 Å². The molecule has 0 bridgehead atoms. The van der Waals surface area contributed by atoms with Gasteiger partial charge in [0, 0.05) is 10.3 Å². The molecule has 9 heteroatoms. The number of halogens is 2. The van der Waals surface area contributed by atoms with E-state index in [1.807, 2.05) is 42.5 Å². The number of nitrogens with zero attached hydrogens (tertiary/aromatic N) is 3. The minimum absolute atomic E-state index is 0.0636. The fourth-order valence-electron chi connectivity index (χ4n) is 3.98. The molecule has 1 atom stereocenters. The number of hydrazone groups is 1. The summed E-state index contributed by atoms with van der Waals surface area (Å²) in [4.78, 5) is 16.4. The highest BCUT2D eigenvalue weighted by atomic mass is 32.2. The summed E-state index contributed by atoms with van der Waals surface area (Å²) in [6.45, 7) is 0.439. The number of nitrogens with two attached hydrogens (primary N) is 1. The third kappa shape index (κ3) is 4.00. The second kappa shape index (κ2) is 9.25. The van der Waals surface area contributed by atoms with Gasteiger partial charge in [0.05, 0.1) is 5.39 Å². The van der Waals surface area contributed by atoms with Crippen molar-refractivity contribution in [3.05, 3.63) is 106 Å². The van der Waals surface area contributed by atoms with Crippen molar-refractivity contribution in [2.24, 2.45) is 10.8 Å². The second-order valence-electron chi connectivity index (χ2n) is 7.78. The van der Waals surface area contributed by atoms with Gasteiger partial charge in [-0.3, -0.25) is 4.79 Å². The van der Waals surface area contributed by atoms with Crippen LogP contribution >= 0.6 is 23.1 Å². The molecule has 5 rings (SSSR count). The van der Waals surface area contributed by atoms with Gasteiger partial charge >= 0.3 is 0 Å². The fourth-order valence-corrected chi connectivity index (χ4v) is 6.48. The van der Waals surface area contributed by atoms with E-state index in [9.17, 15) is 13.6 Å². The zero-order chi connectivity index (χ0) is 23.7. The number of hydrogen-bond donors (Lipinski definition) is 1. The molecule has 1 aromatic heterocycles. The summed E-state index contributed by atoms with van der Waals surface area (Å²) in [6.07, 6.45) is 1.20. The van der Waals surface area contributed by atoms with E-state index in [1.165, 1.54) is 23.1 Å². The van der Waals surface area contributed by atoms with Crippen LogP contribution in [0.5, 0.6) is 0 Å². The molecule has 1 aliphatic heterocycles. The number of aromatic nitrogens is 1. The molecule has 34 heavy (non-hydrogen) atoms. The summed E-state index contributed by atoms with van der Waals surface area (Å²) in [7, 11) is 0. The lowest BCUT2D eigenvalue weighted by Gasteiger charge is -2.36. The molecule has 5 nitrogen and oxygen atoms in total. The standard InChI is InChI=1S/C25H20F2N4OS2/c26-17-11-12-20(27)19(15-17)23-30-31(24-29-22(32)18-9-4-5-10-21(18)33-24)25(34-23,13-6-14-28)16-7-2-1-3-8-16/h1-5,7-12,15H,6,13-14,28H2. The summed E-state index contributed by atoms with van der Waals surface area (Å²) in [5, 5.41) is 7.63. The molecule has 3 aromatic carbocycles. The van der Waals surface area contributed by atoms with Crippen LogP contribution in [0.4, 0.5) is 13.9 Å². The zero-order valence-corrected chi connectivity index (χ0v) is 19.6. The molecule has 0 amide bonds. The van der Waals surface area contributed by atoms with Crippen LogP contribution in [0, 0.1) is 11.6 Å². The normalized spacial score (nSPS) is 17.9. The van der Waals surface area contributed by atoms with Crippen LogP contribution in [-0.4, -0.2) is 16.6 Å². The van der Waals surface area contributed by atoms with Crippen LogP contribution < -0.4 is 16.3 Å². The monoisotopic (exact) mass is 494 g/mol. The Morgan fingerprint density at radius 1 is 1.00 bits per heavy atom. The van der Waals surface area contributed by atoms with Crippen molar-refractivity contribution in [3.63, 3.8) is 0 Å². The summed E-state index contributed by atoms with van der Waals surface area (Å²) >= 11 is 2.65. The molecular weight excluding hydrogens is 474 g/mol. The van der Waals surface area contributed by atoms with Gasteiger partial charge < -0.3 is 5.73 Å². The number of fused-ring (bicyclic) bond motifs is 1. The first kappa shape index (κ1) is 22.6. The smallest absolute Gasteiger partial charge is 0.281 e. The number of rotatable bonds is 6. The van der Waals surface area contributed by atoms with Gasteiger partial charge in [-0.2, -0.15) is 10.1 Å². The Bertz CT molecular complexity index is 1440. The predicted octanol–water partition coefficient (Wildman–Crippen LogP) is 5.44. The Morgan fingerprint density at radius 2 is 1.76 bits per heavy atom. The maximum atomic E-state index is 14.8. The summed E-state index contributed by atoms with van der Waals surface area (Å²) in [5.41, 5.74) is 6.48. The van der Waals surface area contributed by atoms with Crippen LogP contribution in [0.25, 0.3) is 10.1 Å². The Hall–Kier alpha value is -3.14. The van der Waals surface area contributed by atoms with Crippen LogP contribution in [0.3, 0.4) is 0 Å². The topological polar surface area (TPSA) is 71.6 Å². The minimum atomic E-state index is -0.840. The van der Waals surface area contributed by atoms with E-state index in [2.05, 4.69) is 4.98 Å². The molecule has 172 valence electrons. The van der Waals surface area contributed by atoms with Gasteiger partial charge in [0.25, 0.3) is 5.56 Å². The molecule has 0 saturated carbocycles. The van der Waals surface area contributed by atoms with Crippen molar-refractivity contribution < 1.29 is 8.78 Å². The Labute approximate surface area is 202 Å². The Morgan fingerprint density at radius 3 is 2.56 bits per heavy atom. The Kier molecular flexibility index (Phi) is 6.16. The lowest BCUT2D eigenvalue weighted by Crippen LogP contribution is -2.38. The molecular formula is C25H20F2N4OS2. The number of hydrogen-bond acceptors (Lipinski definition) is 7. The third-order valence-corrected chi connectivity index (χ3v) is 8.07. The van der Waals surface area contributed by atoms with Crippen molar-refractivity contribution in [3.8, 4) is 0 Å². The fraction of sp³-hybridized carbons (Fsp3) is 0.160. The Balaban J connectivity index is 1.75. The largest absolute Gasteiger partial charge is 0.330 e. The second-order valence-corrected chi connectivity index (χ2v) is 10.1. The van der Waals surface area contributed by atoms with Crippen molar-refractivity contribution in [2.45, 2.75) is 17.7 Å². The van der Waals surface area contributed by atoms with E-state index in [4.69, 9.17) is 10.8 Å². The van der Waals surface area contributed by atoms with Crippen molar-refractivity contribution in [1.82, 2.24) is 4.98 Å². The zero-order valence-electron chi connectivity index (χ0n) is 17.9. The van der Waals surface area contributed by atoms with Crippen LogP contribution in [0.15, 0.2) is 82.7 Å². The molecule has 4 aromatic rings. The highest BCUT2D eigenvalue weighted by Gasteiger charge is 2.47. The van der Waals surface area contributed by atoms with Gasteiger partial charge in [-0.15, -0.1) is 0 Å². The van der Waals surface area contributed by atoms with E-state index >= 15 is 0 Å². The lowest BCUT2D eigenvalue weighted by molar-refractivity contribution is 0.526. The number of anilines is 1. The van der Waals surface area contributed by atoms with Crippen LogP contribution in [0.1, 0.15) is 24.0 Å². The van der Waals surface area contributed by atoms with Crippen molar-refractivity contribution in [1.29, 1.82) is 0 Å². The third-order valence-electron chi connectivity index (χ3n) is 5.60. The minimum Gasteiger partial charge on any atom is -0.330 e. The van der Waals surface area contributed by atoms with Gasteiger partial charge in [0.15, 0.2) is 0 Å². The maximum absolute atomic E-state index is 14.8. The summed E-state index contributed by atoms with van der Waals surface area (Å²) in [6, 6.07) is 20.2. The first-order valence-electron chi connectivity index (χ1n) is 10.7. The first-order chi connectivity index (χ1) is 16.5. The number of thioether (sulfide) groups is 1. The van der Waals surface area contributed by atoms with E-state index in [-0.39, 0.29) is 11.1 Å². The maximum Gasteiger partial charge on any atom is 0.281 e. The van der Waals surface area contributed by atoms with Crippen LogP contribution in [0.2, 0.25) is 0 Å². The van der Waals surface area contributed by atoms with Gasteiger partial charge in [-0.25, -0.2) is 13.8 Å². The molecule has 0 spiro atoms. The average Bonchev–Trinajstić information content (AvgIpc) is 3.25. The number of benzene rings is 3. The quantitative estimate of drug-likeness (QED) is 0.386. The van der Waals surface area contributed by atoms with Gasteiger partial charge in [-0.05, 0) is 55.3 Å². The summed E-state index contributed by atoms with van der Waals surface area (Å²) < 4.78 is 29.6. The highest BCUT2D eigenvalue weighted by molar-refractivity contribution is 8.15. The highest BCUT2D eigenvalue weighted by Crippen LogP contribution is 2.52. The van der Waals surface area contributed by atoms with Crippen molar-refractivity contribution in [2.75, 3.05) is 11.6 Å². The molecule has 1 aliphatic rings. The molecule has 0 saturated heterocycles. The van der Waals surface area contributed by atoms with E-state index in [0.29, 0.717) is 34.9 Å². The molecule has 0 fully saturated rings. The molecule has 0 radical (unpaired) electrons. The predicted molar refractivity (Wildman–Crippen MR) is 135 cm³/mol. The van der Waals surface area contributed by atoms with Crippen LogP contribution in [-0.2, 0) is 4.87 Å². The lowest BCUT2D eigenvalue weighted by atomic mass is 10.0. The van der Waals surface area contributed by atoms with E-state index in [0.717, 1.165) is 28.5 Å². The average molecular weight is 495 g/mol. The molecule has 2 heterocycles. The SMILES string of the molecule is NCCCC1(c2ccccc2)SC(c2cc(F)ccc2F)=NN1c1nc(=O)c2ccccc2s1. The van der Waals surface area contributed by atoms with Gasteiger partial charge in [0.2, 0.25) is 5.13 Å². The molecule has 2 N–H and O–H groups in total. The first-order valence-corrected chi connectivity index (χ1v) is 12.3. The van der Waals surface area contributed by atoms with E-state index < -0.39 is 16.5 Å².